The zero-order chi connectivity index (χ0) is 11.7. The van der Waals surface area contributed by atoms with Gasteiger partial charge in [0.2, 0.25) is 5.89 Å². The summed E-state index contributed by atoms with van der Waals surface area (Å²) in [6.45, 7) is 3.96. The van der Waals surface area contributed by atoms with Gasteiger partial charge in [0.15, 0.2) is 5.82 Å². The summed E-state index contributed by atoms with van der Waals surface area (Å²) >= 11 is 0. The molecule has 0 amide bonds. The van der Waals surface area contributed by atoms with Crippen LogP contribution in [0.15, 0.2) is 4.52 Å². The maximum absolute atomic E-state index is 5.81. The van der Waals surface area contributed by atoms with Crippen LogP contribution in [0.2, 0.25) is 0 Å². The van der Waals surface area contributed by atoms with Gasteiger partial charge in [0.05, 0.1) is 18.1 Å². The van der Waals surface area contributed by atoms with E-state index in [1.165, 1.54) is 6.42 Å². The summed E-state index contributed by atoms with van der Waals surface area (Å²) < 4.78 is 11.1. The SMILES string of the molecule is CCNCCc1nc(C2CC3CCC2O3)no1. The third-order valence-corrected chi connectivity index (χ3v) is 3.69. The van der Waals surface area contributed by atoms with Gasteiger partial charge in [0.25, 0.3) is 0 Å². The maximum Gasteiger partial charge on any atom is 0.227 e. The van der Waals surface area contributed by atoms with Gasteiger partial charge < -0.3 is 14.6 Å². The molecule has 5 nitrogen and oxygen atoms in total. The first kappa shape index (κ1) is 11.2. The molecule has 1 aromatic heterocycles. The van der Waals surface area contributed by atoms with Gasteiger partial charge in [0, 0.05) is 13.0 Å². The standard InChI is InChI=1S/C12H19N3O2/c1-2-13-6-5-11-14-12(15-17-11)9-7-8-3-4-10(9)16-8/h8-10,13H,2-7H2,1H3. The lowest BCUT2D eigenvalue weighted by Crippen LogP contribution is -2.17. The Hall–Kier alpha value is -0.940. The molecule has 0 radical (unpaired) electrons. The molecule has 1 N–H and O–H groups in total. The molecule has 1 aromatic rings. The molecule has 0 aromatic carbocycles. The lowest BCUT2D eigenvalue weighted by atomic mass is 9.89. The first-order chi connectivity index (χ1) is 8.36. The molecule has 3 unspecified atom stereocenters. The van der Waals surface area contributed by atoms with Crippen molar-refractivity contribution in [3.8, 4) is 0 Å². The van der Waals surface area contributed by atoms with E-state index in [0.29, 0.717) is 18.1 Å². The largest absolute Gasteiger partial charge is 0.374 e. The topological polar surface area (TPSA) is 60.2 Å². The van der Waals surface area contributed by atoms with Crippen LogP contribution in [-0.4, -0.2) is 35.4 Å². The van der Waals surface area contributed by atoms with Crippen molar-refractivity contribution in [2.75, 3.05) is 13.1 Å². The summed E-state index contributed by atoms with van der Waals surface area (Å²) in [7, 11) is 0. The molecule has 2 aliphatic heterocycles. The average Bonchev–Trinajstić information content (AvgIpc) is 3.04. The molecule has 2 bridgehead atoms. The molecule has 3 heterocycles. The minimum absolute atomic E-state index is 0.333. The van der Waals surface area contributed by atoms with Crippen LogP contribution < -0.4 is 5.32 Å². The van der Waals surface area contributed by atoms with Gasteiger partial charge >= 0.3 is 0 Å². The highest BCUT2D eigenvalue weighted by Crippen LogP contribution is 2.43. The molecule has 0 spiro atoms. The van der Waals surface area contributed by atoms with Gasteiger partial charge in [-0.15, -0.1) is 0 Å². The number of ether oxygens (including phenoxy) is 1. The second-order valence-electron chi connectivity index (χ2n) is 4.87. The number of fused-ring (bicyclic) bond motifs is 2. The Morgan fingerprint density at radius 1 is 1.41 bits per heavy atom. The van der Waals surface area contributed by atoms with E-state index < -0.39 is 0 Å². The molecule has 3 rings (SSSR count). The van der Waals surface area contributed by atoms with Crippen LogP contribution in [0.3, 0.4) is 0 Å². The van der Waals surface area contributed by atoms with Crippen molar-refractivity contribution in [3.63, 3.8) is 0 Å². The lowest BCUT2D eigenvalue weighted by Gasteiger charge is -2.13. The van der Waals surface area contributed by atoms with Gasteiger partial charge in [0.1, 0.15) is 0 Å². The van der Waals surface area contributed by atoms with Crippen molar-refractivity contribution in [2.24, 2.45) is 0 Å². The monoisotopic (exact) mass is 237 g/mol. The second-order valence-corrected chi connectivity index (χ2v) is 4.87. The van der Waals surface area contributed by atoms with Crippen molar-refractivity contribution in [1.82, 2.24) is 15.5 Å². The highest BCUT2D eigenvalue weighted by molar-refractivity contribution is 5.06. The first-order valence-electron chi connectivity index (χ1n) is 6.55. The third-order valence-electron chi connectivity index (χ3n) is 3.69. The fraction of sp³-hybridized carbons (Fsp3) is 0.833. The molecule has 94 valence electrons. The van der Waals surface area contributed by atoms with E-state index in [1.54, 1.807) is 0 Å². The first-order valence-corrected chi connectivity index (χ1v) is 6.55. The number of aromatic nitrogens is 2. The number of hydrogen-bond acceptors (Lipinski definition) is 5. The van der Waals surface area contributed by atoms with Gasteiger partial charge in [-0.05, 0) is 25.8 Å². The van der Waals surface area contributed by atoms with E-state index in [2.05, 4.69) is 22.4 Å². The molecule has 17 heavy (non-hydrogen) atoms. The highest BCUT2D eigenvalue weighted by Gasteiger charge is 2.43. The summed E-state index contributed by atoms with van der Waals surface area (Å²) in [5.41, 5.74) is 0. The van der Waals surface area contributed by atoms with E-state index in [9.17, 15) is 0 Å². The minimum atomic E-state index is 0.333. The molecule has 2 fully saturated rings. The summed E-state index contributed by atoms with van der Waals surface area (Å²) in [6, 6.07) is 0. The van der Waals surface area contributed by atoms with E-state index in [1.807, 2.05) is 0 Å². The zero-order valence-corrected chi connectivity index (χ0v) is 10.2. The van der Waals surface area contributed by atoms with Gasteiger partial charge in [-0.3, -0.25) is 0 Å². The maximum atomic E-state index is 5.81. The van der Waals surface area contributed by atoms with Crippen molar-refractivity contribution < 1.29 is 9.26 Å². The highest BCUT2D eigenvalue weighted by atomic mass is 16.5. The van der Waals surface area contributed by atoms with Crippen molar-refractivity contribution in [3.05, 3.63) is 11.7 Å². The van der Waals surface area contributed by atoms with E-state index in [-0.39, 0.29) is 0 Å². The Bertz CT molecular complexity index is 380. The molecule has 0 aliphatic carbocycles. The Labute approximate surface area is 101 Å². The molecule has 2 saturated heterocycles. The van der Waals surface area contributed by atoms with Crippen molar-refractivity contribution in [1.29, 1.82) is 0 Å². The minimum Gasteiger partial charge on any atom is -0.374 e. The Morgan fingerprint density at radius 2 is 2.35 bits per heavy atom. The van der Waals surface area contributed by atoms with Crippen LogP contribution in [0, 0.1) is 0 Å². The van der Waals surface area contributed by atoms with Crippen LogP contribution in [-0.2, 0) is 11.2 Å². The fourth-order valence-corrected chi connectivity index (χ4v) is 2.80. The fourth-order valence-electron chi connectivity index (χ4n) is 2.80. The van der Waals surface area contributed by atoms with Crippen LogP contribution in [0.4, 0.5) is 0 Å². The number of rotatable bonds is 5. The molecular formula is C12H19N3O2. The Kier molecular flexibility index (Phi) is 3.11. The van der Waals surface area contributed by atoms with Crippen molar-refractivity contribution in [2.45, 2.75) is 50.7 Å². The van der Waals surface area contributed by atoms with Crippen LogP contribution in [0.25, 0.3) is 0 Å². The Morgan fingerprint density at radius 3 is 3.06 bits per heavy atom. The van der Waals surface area contributed by atoms with Crippen LogP contribution >= 0.6 is 0 Å². The number of hydrogen-bond donors (Lipinski definition) is 1. The van der Waals surface area contributed by atoms with Gasteiger partial charge in [-0.1, -0.05) is 12.1 Å². The van der Waals surface area contributed by atoms with E-state index >= 15 is 0 Å². The smallest absolute Gasteiger partial charge is 0.227 e. The molecule has 2 aliphatic rings. The van der Waals surface area contributed by atoms with Crippen LogP contribution in [0.1, 0.15) is 43.8 Å². The summed E-state index contributed by atoms with van der Waals surface area (Å²) in [4.78, 5) is 4.49. The lowest BCUT2D eigenvalue weighted by molar-refractivity contribution is 0.0996. The van der Waals surface area contributed by atoms with Gasteiger partial charge in [-0.2, -0.15) is 4.98 Å². The van der Waals surface area contributed by atoms with E-state index in [0.717, 1.165) is 44.1 Å². The summed E-state index contributed by atoms with van der Waals surface area (Å²) in [5.74, 6) is 1.96. The predicted molar refractivity (Wildman–Crippen MR) is 61.8 cm³/mol. The zero-order valence-electron chi connectivity index (χ0n) is 10.2. The second kappa shape index (κ2) is 4.74. The van der Waals surface area contributed by atoms with Gasteiger partial charge in [-0.25, -0.2) is 0 Å². The number of nitrogens with zero attached hydrogens (tertiary/aromatic N) is 2. The molecule has 0 saturated carbocycles. The quantitative estimate of drug-likeness (QED) is 0.781. The predicted octanol–water partition coefficient (Wildman–Crippen LogP) is 1.26. The van der Waals surface area contributed by atoms with Crippen molar-refractivity contribution >= 4 is 0 Å². The summed E-state index contributed by atoms with van der Waals surface area (Å²) in [6.07, 6.45) is 5.00. The van der Waals surface area contributed by atoms with E-state index in [4.69, 9.17) is 9.26 Å². The van der Waals surface area contributed by atoms with Crippen LogP contribution in [0.5, 0.6) is 0 Å². The molecule has 5 heteroatoms. The number of nitrogens with one attached hydrogen (secondary N) is 1. The molecule has 3 atom stereocenters. The number of likely N-dealkylation sites (N-methyl/N-ethyl adjacent to an activating group) is 1. The normalized spacial score (nSPS) is 31.2. The summed E-state index contributed by atoms with van der Waals surface area (Å²) in [5, 5.41) is 7.35. The molecular weight excluding hydrogens is 218 g/mol. The Balaban J connectivity index is 1.60. The third kappa shape index (κ3) is 2.21. The average molecular weight is 237 g/mol.